The van der Waals surface area contributed by atoms with E-state index in [1.165, 1.54) is 6.07 Å². The fourth-order valence-electron chi connectivity index (χ4n) is 1.36. The van der Waals surface area contributed by atoms with Crippen LogP contribution in [0.4, 0.5) is 0 Å². The highest BCUT2D eigenvalue weighted by molar-refractivity contribution is 7.83. The molecule has 3 N–H and O–H groups in total. The van der Waals surface area contributed by atoms with Gasteiger partial charge in [0.15, 0.2) is 0 Å². The lowest BCUT2D eigenvalue weighted by atomic mass is 9.86. The zero-order valence-corrected chi connectivity index (χ0v) is 10.9. The summed E-state index contributed by atoms with van der Waals surface area (Å²) in [6.45, 7) is 5.90. The van der Waals surface area contributed by atoms with Crippen molar-refractivity contribution in [3.63, 3.8) is 0 Å². The van der Waals surface area contributed by atoms with Gasteiger partial charge in [0, 0.05) is 12.1 Å². The molecule has 0 radical (unpaired) electrons. The first-order valence-corrected chi connectivity index (χ1v) is 6.58. The number of hydrogen-bond donors (Lipinski definition) is 3. The van der Waals surface area contributed by atoms with E-state index in [-0.39, 0.29) is 17.7 Å². The molecule has 1 aromatic rings. The summed E-state index contributed by atoms with van der Waals surface area (Å²) in [5.74, 6) is -0.00542. The molecule has 0 amide bonds. The summed E-state index contributed by atoms with van der Waals surface area (Å²) in [6, 6.07) is 5.02. The van der Waals surface area contributed by atoms with Crippen molar-refractivity contribution in [2.45, 2.75) is 32.7 Å². The average molecular weight is 259 g/mol. The molecule has 0 atom stereocenters. The van der Waals surface area contributed by atoms with Gasteiger partial charge in [-0.05, 0) is 17.0 Å². The lowest BCUT2D eigenvalue weighted by molar-refractivity contribution is 0.456. The number of phenols is 1. The Labute approximate surface area is 101 Å². The van der Waals surface area contributed by atoms with Crippen LogP contribution in [-0.4, -0.2) is 18.1 Å². The summed E-state index contributed by atoms with van der Waals surface area (Å²) < 4.78 is 31.6. The van der Waals surface area contributed by atoms with E-state index in [0.717, 1.165) is 5.56 Å². The maximum atomic E-state index is 10.6. The molecule has 0 fully saturated rings. The Morgan fingerprint density at radius 2 is 1.88 bits per heavy atom. The van der Waals surface area contributed by atoms with Crippen LogP contribution in [0.2, 0.25) is 0 Å². The van der Waals surface area contributed by atoms with Gasteiger partial charge in [-0.3, -0.25) is 4.55 Å². The number of benzene rings is 1. The molecule has 0 bridgehead atoms. The van der Waals surface area contributed by atoms with Crippen molar-refractivity contribution in [2.75, 3.05) is 0 Å². The van der Waals surface area contributed by atoms with Crippen molar-refractivity contribution in [3.8, 4) is 5.75 Å². The second-order valence-corrected chi connectivity index (χ2v) is 6.13. The molecule has 1 aromatic carbocycles. The van der Waals surface area contributed by atoms with Crippen molar-refractivity contribution in [1.82, 2.24) is 4.72 Å². The Morgan fingerprint density at radius 3 is 2.35 bits per heavy atom. The molecule has 0 aromatic heterocycles. The largest absolute Gasteiger partial charge is 0.508 e. The van der Waals surface area contributed by atoms with Gasteiger partial charge >= 0.3 is 10.3 Å². The van der Waals surface area contributed by atoms with Crippen LogP contribution in [-0.2, 0) is 22.3 Å². The van der Waals surface area contributed by atoms with Crippen LogP contribution < -0.4 is 4.72 Å². The van der Waals surface area contributed by atoms with Gasteiger partial charge in [-0.1, -0.05) is 32.9 Å². The van der Waals surface area contributed by atoms with Gasteiger partial charge in [0.2, 0.25) is 0 Å². The normalized spacial score (nSPS) is 12.7. The molecule has 0 aliphatic rings. The number of phenolic OH excluding ortho intramolecular Hbond substituents is 1. The van der Waals surface area contributed by atoms with Crippen molar-refractivity contribution in [1.29, 1.82) is 0 Å². The molecular weight excluding hydrogens is 242 g/mol. The maximum absolute atomic E-state index is 10.6. The minimum atomic E-state index is -4.25. The first kappa shape index (κ1) is 14.0. The summed E-state index contributed by atoms with van der Waals surface area (Å²) in [5, 5.41) is 9.58. The van der Waals surface area contributed by atoms with Gasteiger partial charge in [-0.15, -0.1) is 0 Å². The lowest BCUT2D eigenvalue weighted by Crippen LogP contribution is -2.22. The van der Waals surface area contributed by atoms with Crippen LogP contribution in [0.1, 0.15) is 31.9 Å². The van der Waals surface area contributed by atoms with Crippen molar-refractivity contribution >= 4 is 10.3 Å². The molecule has 6 heteroatoms. The number of aromatic hydroxyl groups is 1. The molecule has 0 spiro atoms. The highest BCUT2D eigenvalue weighted by Gasteiger charge is 2.16. The van der Waals surface area contributed by atoms with E-state index in [9.17, 15) is 13.5 Å². The number of rotatable bonds is 3. The van der Waals surface area contributed by atoms with Crippen LogP contribution in [0.25, 0.3) is 0 Å². The van der Waals surface area contributed by atoms with E-state index in [1.54, 1.807) is 12.1 Å². The summed E-state index contributed by atoms with van der Waals surface area (Å²) in [4.78, 5) is 0. The van der Waals surface area contributed by atoms with Gasteiger partial charge < -0.3 is 5.11 Å². The van der Waals surface area contributed by atoms with Crippen LogP contribution in [0.3, 0.4) is 0 Å². The van der Waals surface area contributed by atoms with E-state index < -0.39 is 10.3 Å². The predicted molar refractivity (Wildman–Crippen MR) is 65.2 cm³/mol. The van der Waals surface area contributed by atoms with Crippen molar-refractivity contribution in [2.24, 2.45) is 0 Å². The van der Waals surface area contributed by atoms with Crippen molar-refractivity contribution < 1.29 is 18.1 Å². The summed E-state index contributed by atoms with van der Waals surface area (Å²) >= 11 is 0. The number of nitrogens with one attached hydrogen (secondary N) is 1. The molecule has 0 aliphatic heterocycles. The van der Waals surface area contributed by atoms with Gasteiger partial charge in [-0.2, -0.15) is 13.1 Å². The molecule has 0 unspecified atom stereocenters. The van der Waals surface area contributed by atoms with E-state index in [0.29, 0.717) is 5.56 Å². The van der Waals surface area contributed by atoms with Crippen LogP contribution in [0.5, 0.6) is 5.75 Å². The summed E-state index contributed by atoms with van der Waals surface area (Å²) in [5.41, 5.74) is 1.30. The summed E-state index contributed by atoms with van der Waals surface area (Å²) in [6.07, 6.45) is 0. The fourth-order valence-corrected chi connectivity index (χ4v) is 1.70. The second kappa shape index (κ2) is 4.64. The third-order valence-electron chi connectivity index (χ3n) is 2.39. The van der Waals surface area contributed by atoms with Gasteiger partial charge in [0.25, 0.3) is 0 Å². The Kier molecular flexibility index (Phi) is 3.81. The quantitative estimate of drug-likeness (QED) is 0.719. The Morgan fingerprint density at radius 1 is 1.29 bits per heavy atom. The zero-order chi connectivity index (χ0) is 13.3. The smallest absolute Gasteiger partial charge is 0.333 e. The molecule has 0 heterocycles. The molecule has 0 saturated heterocycles. The molecule has 0 aliphatic carbocycles. The van der Waals surface area contributed by atoms with Gasteiger partial charge in [0.05, 0.1) is 0 Å². The molecular formula is C11H17NO4S. The third-order valence-corrected chi connectivity index (χ3v) is 2.90. The predicted octanol–water partition coefficient (Wildman–Crippen LogP) is 1.58. The molecule has 1 rings (SSSR count). The van der Waals surface area contributed by atoms with E-state index in [1.807, 2.05) is 25.5 Å². The maximum Gasteiger partial charge on any atom is 0.333 e. The van der Waals surface area contributed by atoms with Crippen molar-refractivity contribution in [3.05, 3.63) is 29.3 Å². The minimum Gasteiger partial charge on any atom is -0.508 e. The Hall–Kier alpha value is -1.11. The van der Waals surface area contributed by atoms with Gasteiger partial charge in [-0.25, -0.2) is 0 Å². The van der Waals surface area contributed by atoms with Crippen LogP contribution in [0.15, 0.2) is 18.2 Å². The van der Waals surface area contributed by atoms with Crippen LogP contribution in [0, 0.1) is 0 Å². The zero-order valence-electron chi connectivity index (χ0n) is 10.1. The highest BCUT2D eigenvalue weighted by Crippen LogP contribution is 2.27. The SMILES string of the molecule is CC(C)(C)c1ccc(O)c(CNS(=O)(=O)O)c1. The van der Waals surface area contributed by atoms with Gasteiger partial charge in [0.1, 0.15) is 5.75 Å². The fraction of sp³-hybridized carbons (Fsp3) is 0.455. The van der Waals surface area contributed by atoms with E-state index >= 15 is 0 Å². The molecule has 96 valence electrons. The second-order valence-electron chi connectivity index (χ2n) is 4.89. The summed E-state index contributed by atoms with van der Waals surface area (Å²) in [7, 11) is -4.25. The van der Waals surface area contributed by atoms with E-state index in [4.69, 9.17) is 4.55 Å². The van der Waals surface area contributed by atoms with E-state index in [2.05, 4.69) is 0 Å². The molecule has 0 saturated carbocycles. The molecule has 17 heavy (non-hydrogen) atoms. The number of hydrogen-bond acceptors (Lipinski definition) is 3. The third kappa shape index (κ3) is 4.33. The average Bonchev–Trinajstić information content (AvgIpc) is 2.13. The minimum absolute atomic E-state index is 0.00542. The first-order valence-electron chi connectivity index (χ1n) is 5.14. The monoisotopic (exact) mass is 259 g/mol. The standard InChI is InChI=1S/C11H17NO4S/c1-11(2,3)9-4-5-10(13)8(6-9)7-12-17(14,15)16/h4-6,12-13H,7H2,1-3H3,(H,14,15,16). The Bertz CT molecular complexity index is 503. The topological polar surface area (TPSA) is 86.6 Å². The Balaban J connectivity index is 3.00. The lowest BCUT2D eigenvalue weighted by Gasteiger charge is -2.20. The van der Waals surface area contributed by atoms with Crippen LogP contribution >= 0.6 is 0 Å². The highest BCUT2D eigenvalue weighted by atomic mass is 32.2. The molecule has 5 nitrogen and oxygen atoms in total. The first-order chi connectivity index (χ1) is 7.59.